The molecule has 0 spiro atoms. The summed E-state index contributed by atoms with van der Waals surface area (Å²) in [6.45, 7) is 1.19. The Bertz CT molecular complexity index is 394. The molecule has 0 aliphatic carbocycles. The van der Waals surface area contributed by atoms with E-state index >= 15 is 0 Å². The molecule has 4 heteroatoms. The highest BCUT2D eigenvalue weighted by Crippen LogP contribution is 2.27. The molecule has 1 aliphatic heterocycles. The maximum Gasteiger partial charge on any atom is 0.101 e. The van der Waals surface area contributed by atoms with Crippen LogP contribution in [0.5, 0.6) is 0 Å². The van der Waals surface area contributed by atoms with E-state index < -0.39 is 0 Å². The lowest BCUT2D eigenvalue weighted by Gasteiger charge is -2.38. The third-order valence-corrected chi connectivity index (χ3v) is 2.52. The lowest BCUT2D eigenvalue weighted by atomic mass is 10.1. The summed E-state index contributed by atoms with van der Waals surface area (Å²) in [6, 6.07) is 7.30. The fourth-order valence-corrected chi connectivity index (χ4v) is 1.70. The number of β-amino-alcohol motifs (C(OH)–C–C–N with tert-alkyl or cyclic N) is 1. The SMILES string of the molecule is N#Cc1cc(Cl)ccc1N1CC(O)C1. The number of aliphatic hydroxyl groups is 1. The molecule has 14 heavy (non-hydrogen) atoms. The van der Waals surface area contributed by atoms with Crippen LogP contribution < -0.4 is 4.90 Å². The summed E-state index contributed by atoms with van der Waals surface area (Å²) in [5.41, 5.74) is 1.41. The number of anilines is 1. The number of benzene rings is 1. The first-order valence-electron chi connectivity index (χ1n) is 4.33. The van der Waals surface area contributed by atoms with Gasteiger partial charge in [-0.05, 0) is 18.2 Å². The van der Waals surface area contributed by atoms with Crippen LogP contribution in [0, 0.1) is 11.3 Å². The maximum atomic E-state index is 9.15. The van der Waals surface area contributed by atoms with Gasteiger partial charge in [0.15, 0.2) is 0 Å². The second kappa shape index (κ2) is 3.49. The number of nitrogens with zero attached hydrogens (tertiary/aromatic N) is 2. The Balaban J connectivity index is 2.30. The molecule has 1 aromatic rings. The highest BCUT2D eigenvalue weighted by molar-refractivity contribution is 6.30. The first kappa shape index (κ1) is 9.32. The Labute approximate surface area is 87.1 Å². The molecule has 1 aromatic carbocycles. The van der Waals surface area contributed by atoms with Gasteiger partial charge in [0.1, 0.15) is 6.07 Å². The third kappa shape index (κ3) is 1.54. The molecule has 0 unspecified atom stereocenters. The molecule has 1 heterocycles. The van der Waals surface area contributed by atoms with Gasteiger partial charge >= 0.3 is 0 Å². The van der Waals surface area contributed by atoms with Crippen molar-refractivity contribution in [1.82, 2.24) is 0 Å². The van der Waals surface area contributed by atoms with Gasteiger partial charge in [0, 0.05) is 18.1 Å². The standard InChI is InChI=1S/C10H9ClN2O/c11-8-1-2-10(7(3-8)4-12)13-5-9(14)6-13/h1-3,9,14H,5-6H2. The first-order chi connectivity index (χ1) is 6.70. The van der Waals surface area contributed by atoms with Gasteiger partial charge in [-0.15, -0.1) is 0 Å². The van der Waals surface area contributed by atoms with Crippen molar-refractivity contribution in [3.8, 4) is 6.07 Å². The Morgan fingerprint density at radius 3 is 2.79 bits per heavy atom. The second-order valence-electron chi connectivity index (χ2n) is 3.33. The van der Waals surface area contributed by atoms with Gasteiger partial charge in [0.2, 0.25) is 0 Å². The summed E-state index contributed by atoms with van der Waals surface area (Å²) in [5, 5.41) is 18.6. The highest BCUT2D eigenvalue weighted by atomic mass is 35.5. The van der Waals surface area contributed by atoms with Crippen LogP contribution in [0.15, 0.2) is 18.2 Å². The van der Waals surface area contributed by atoms with Crippen molar-refractivity contribution < 1.29 is 5.11 Å². The number of hydrogen-bond donors (Lipinski definition) is 1. The van der Waals surface area contributed by atoms with Crippen molar-refractivity contribution in [1.29, 1.82) is 5.26 Å². The summed E-state index contributed by atoms with van der Waals surface area (Å²) in [5.74, 6) is 0. The lowest BCUT2D eigenvalue weighted by molar-refractivity contribution is 0.142. The van der Waals surface area contributed by atoms with Crippen molar-refractivity contribution in [3.63, 3.8) is 0 Å². The first-order valence-corrected chi connectivity index (χ1v) is 4.71. The molecule has 0 atom stereocenters. The summed E-state index contributed by atoms with van der Waals surface area (Å²) in [4.78, 5) is 1.96. The van der Waals surface area contributed by atoms with Crippen LogP contribution in [0.2, 0.25) is 5.02 Å². The molecule has 0 radical (unpaired) electrons. The monoisotopic (exact) mass is 208 g/mol. The number of halogens is 1. The molecule has 0 saturated carbocycles. The van der Waals surface area contributed by atoms with Crippen molar-refractivity contribution in [3.05, 3.63) is 28.8 Å². The van der Waals surface area contributed by atoms with Crippen molar-refractivity contribution in [2.45, 2.75) is 6.10 Å². The van der Waals surface area contributed by atoms with Crippen molar-refractivity contribution in [2.75, 3.05) is 18.0 Å². The van der Waals surface area contributed by atoms with Gasteiger partial charge in [-0.1, -0.05) is 11.6 Å². The van der Waals surface area contributed by atoms with Gasteiger partial charge in [-0.3, -0.25) is 0 Å². The van der Waals surface area contributed by atoms with Crippen LogP contribution in [-0.2, 0) is 0 Å². The number of aliphatic hydroxyl groups excluding tert-OH is 1. The molecule has 0 amide bonds. The molecule has 0 aromatic heterocycles. The topological polar surface area (TPSA) is 47.3 Å². The van der Waals surface area contributed by atoms with Crippen molar-refractivity contribution >= 4 is 17.3 Å². The lowest BCUT2D eigenvalue weighted by Crippen LogP contribution is -2.51. The summed E-state index contributed by atoms with van der Waals surface area (Å²) >= 11 is 5.77. The minimum absolute atomic E-state index is 0.266. The van der Waals surface area contributed by atoms with E-state index in [9.17, 15) is 0 Å². The summed E-state index contributed by atoms with van der Waals surface area (Å²) < 4.78 is 0. The van der Waals surface area contributed by atoms with Crippen molar-refractivity contribution in [2.24, 2.45) is 0 Å². The zero-order valence-corrected chi connectivity index (χ0v) is 8.20. The number of rotatable bonds is 1. The van der Waals surface area contributed by atoms with E-state index in [0.29, 0.717) is 23.7 Å². The molecule has 1 N–H and O–H groups in total. The predicted octanol–water partition coefficient (Wildman–Crippen LogP) is 1.39. The van der Waals surface area contributed by atoms with E-state index in [1.54, 1.807) is 12.1 Å². The van der Waals surface area contributed by atoms with E-state index in [-0.39, 0.29) is 6.10 Å². The van der Waals surface area contributed by atoms with Crippen LogP contribution in [0.4, 0.5) is 5.69 Å². The van der Waals surface area contributed by atoms with E-state index in [0.717, 1.165) is 5.69 Å². The molecule has 1 aliphatic rings. The van der Waals surface area contributed by atoms with E-state index in [4.69, 9.17) is 22.0 Å². The van der Waals surface area contributed by atoms with Crippen LogP contribution >= 0.6 is 11.6 Å². The van der Waals surface area contributed by atoms with Crippen LogP contribution in [0.1, 0.15) is 5.56 Å². The molecular formula is C10H9ClN2O. The highest BCUT2D eigenvalue weighted by Gasteiger charge is 2.26. The number of nitriles is 1. The quantitative estimate of drug-likeness (QED) is 0.759. The van der Waals surface area contributed by atoms with Gasteiger partial charge in [-0.2, -0.15) is 5.26 Å². The second-order valence-corrected chi connectivity index (χ2v) is 3.77. The zero-order valence-electron chi connectivity index (χ0n) is 7.44. The Morgan fingerprint density at radius 1 is 1.50 bits per heavy atom. The fourth-order valence-electron chi connectivity index (χ4n) is 1.53. The smallest absolute Gasteiger partial charge is 0.101 e. The Hall–Kier alpha value is -1.24. The minimum atomic E-state index is -0.266. The van der Waals surface area contributed by atoms with Gasteiger partial charge in [0.05, 0.1) is 17.4 Å². The Morgan fingerprint density at radius 2 is 2.21 bits per heavy atom. The minimum Gasteiger partial charge on any atom is -0.389 e. The largest absolute Gasteiger partial charge is 0.389 e. The molecule has 0 bridgehead atoms. The van der Waals surface area contributed by atoms with Gasteiger partial charge in [-0.25, -0.2) is 0 Å². The van der Waals surface area contributed by atoms with Gasteiger partial charge < -0.3 is 10.0 Å². The molecule has 1 saturated heterocycles. The van der Waals surface area contributed by atoms with E-state index in [1.807, 2.05) is 11.0 Å². The predicted molar refractivity (Wildman–Crippen MR) is 54.4 cm³/mol. The number of hydrogen-bond acceptors (Lipinski definition) is 3. The normalized spacial score (nSPS) is 16.2. The molecular weight excluding hydrogens is 200 g/mol. The van der Waals surface area contributed by atoms with E-state index in [1.165, 1.54) is 0 Å². The average molecular weight is 209 g/mol. The molecule has 3 nitrogen and oxygen atoms in total. The van der Waals surface area contributed by atoms with Gasteiger partial charge in [0.25, 0.3) is 0 Å². The van der Waals surface area contributed by atoms with Crippen LogP contribution in [0.25, 0.3) is 0 Å². The molecule has 72 valence electrons. The molecule has 2 rings (SSSR count). The van der Waals surface area contributed by atoms with Crippen LogP contribution in [0.3, 0.4) is 0 Å². The van der Waals surface area contributed by atoms with Crippen LogP contribution in [-0.4, -0.2) is 24.3 Å². The molecule has 1 fully saturated rings. The summed E-state index contributed by atoms with van der Waals surface area (Å²) in [7, 11) is 0. The third-order valence-electron chi connectivity index (χ3n) is 2.28. The summed E-state index contributed by atoms with van der Waals surface area (Å²) in [6.07, 6.45) is -0.266. The fraction of sp³-hybridized carbons (Fsp3) is 0.300. The van der Waals surface area contributed by atoms with E-state index in [2.05, 4.69) is 6.07 Å². The maximum absolute atomic E-state index is 9.15. The zero-order chi connectivity index (χ0) is 10.1. The Kier molecular flexibility index (Phi) is 2.32. The average Bonchev–Trinajstić information content (AvgIpc) is 2.13.